The Morgan fingerprint density at radius 2 is 2.00 bits per heavy atom. The Kier molecular flexibility index (Phi) is 5.86. The average molecular weight is 508 g/mol. The van der Waals surface area contributed by atoms with Crippen LogP contribution in [0, 0.1) is 29.0 Å². The van der Waals surface area contributed by atoms with E-state index in [1.54, 1.807) is 4.90 Å². The average Bonchev–Trinajstić information content (AvgIpc) is 3.19. The number of nitriles is 1. The van der Waals surface area contributed by atoms with E-state index in [1.165, 1.54) is 13.2 Å². The lowest BCUT2D eigenvalue weighted by molar-refractivity contribution is -0.130. The predicted molar refractivity (Wildman–Crippen MR) is 118 cm³/mol. The third-order valence-electron chi connectivity index (χ3n) is 6.98. The Bertz CT molecular complexity index is 1220. The number of nitrogens with one attached hydrogen (secondary N) is 1. The van der Waals surface area contributed by atoms with Gasteiger partial charge < -0.3 is 24.1 Å². The van der Waals surface area contributed by atoms with Crippen LogP contribution in [0.1, 0.15) is 48.0 Å². The number of hydrogen-bond acceptors (Lipinski definition) is 7. The lowest BCUT2D eigenvalue weighted by Crippen LogP contribution is -2.61. The van der Waals surface area contributed by atoms with Crippen molar-refractivity contribution in [3.63, 3.8) is 0 Å². The fourth-order valence-corrected chi connectivity index (χ4v) is 4.96. The summed E-state index contributed by atoms with van der Waals surface area (Å²) in [5.74, 6) is -1.53. The number of nitrogens with zero attached hydrogens (tertiary/aromatic N) is 3. The second-order valence-electron chi connectivity index (χ2n) is 9.94. The van der Waals surface area contributed by atoms with Crippen LogP contribution in [0.15, 0.2) is 16.5 Å². The number of fused-ring (bicyclic) bond motifs is 1. The largest absolute Gasteiger partial charge is 0.486 e. The molecule has 0 bridgehead atoms. The Labute approximate surface area is 204 Å². The lowest BCUT2D eigenvalue weighted by atomic mass is 9.97. The molecule has 12 heteroatoms. The summed E-state index contributed by atoms with van der Waals surface area (Å²) < 4.78 is 70.6. The minimum atomic E-state index is -4.65. The number of benzene rings is 1. The third-order valence-corrected chi connectivity index (χ3v) is 6.98. The summed E-state index contributed by atoms with van der Waals surface area (Å²) in [4.78, 5) is 18.4. The van der Waals surface area contributed by atoms with Gasteiger partial charge in [0.15, 0.2) is 17.3 Å². The lowest BCUT2D eigenvalue weighted by Gasteiger charge is -2.45. The number of amides is 1. The van der Waals surface area contributed by atoms with Gasteiger partial charge in [0.25, 0.3) is 11.9 Å². The summed E-state index contributed by atoms with van der Waals surface area (Å²) in [6.45, 7) is 2.45. The van der Waals surface area contributed by atoms with Gasteiger partial charge in [-0.05, 0) is 44.1 Å². The first-order chi connectivity index (χ1) is 17.0. The van der Waals surface area contributed by atoms with Crippen molar-refractivity contribution >= 4 is 17.6 Å². The van der Waals surface area contributed by atoms with E-state index in [0.29, 0.717) is 24.9 Å². The quantitative estimate of drug-likeness (QED) is 0.552. The van der Waals surface area contributed by atoms with Crippen molar-refractivity contribution < 1.29 is 36.2 Å². The van der Waals surface area contributed by atoms with E-state index >= 15 is 0 Å². The van der Waals surface area contributed by atoms with Gasteiger partial charge in [0.05, 0.1) is 24.8 Å². The molecule has 2 unspecified atom stereocenters. The number of ether oxygens (including phenoxy) is 2. The number of rotatable bonds is 7. The maximum atomic E-state index is 14.9. The van der Waals surface area contributed by atoms with E-state index in [-0.39, 0.29) is 29.1 Å². The molecule has 1 aromatic carbocycles. The van der Waals surface area contributed by atoms with Gasteiger partial charge in [-0.3, -0.25) is 4.79 Å². The van der Waals surface area contributed by atoms with E-state index in [2.05, 4.69) is 10.3 Å². The molecule has 2 aromatic rings. The SMILES string of the molecule is COC1(C)CN(c2nc(C(=O)Nc3cc(F)c(OC4CC5C[C@@H]5C4)c(C#N)c3)c(CC(F)(F)F)o2)C1. The van der Waals surface area contributed by atoms with Gasteiger partial charge in [-0.2, -0.15) is 23.4 Å². The maximum absolute atomic E-state index is 14.9. The van der Waals surface area contributed by atoms with Crippen molar-refractivity contribution in [3.8, 4) is 11.8 Å². The van der Waals surface area contributed by atoms with Gasteiger partial charge in [-0.15, -0.1) is 0 Å². The predicted octanol–water partition coefficient (Wildman–Crippen LogP) is 4.44. The molecule has 2 saturated carbocycles. The summed E-state index contributed by atoms with van der Waals surface area (Å²) in [5, 5.41) is 11.8. The number of carbonyl (C=O) groups excluding carboxylic acids is 1. The molecular weight excluding hydrogens is 484 g/mol. The Morgan fingerprint density at radius 3 is 2.61 bits per heavy atom. The molecule has 0 radical (unpaired) electrons. The minimum Gasteiger partial charge on any atom is -0.486 e. The number of anilines is 2. The highest BCUT2D eigenvalue weighted by molar-refractivity contribution is 6.04. The van der Waals surface area contributed by atoms with Crippen LogP contribution < -0.4 is 15.0 Å². The number of alkyl halides is 3. The van der Waals surface area contributed by atoms with Gasteiger partial charge >= 0.3 is 6.18 Å². The highest BCUT2D eigenvalue weighted by atomic mass is 19.4. The fraction of sp³-hybridized carbons (Fsp3) is 0.542. The second kappa shape index (κ2) is 8.65. The molecule has 1 saturated heterocycles. The van der Waals surface area contributed by atoms with Crippen LogP contribution in [0.4, 0.5) is 29.3 Å². The van der Waals surface area contributed by atoms with Crippen molar-refractivity contribution in [2.45, 2.75) is 50.5 Å². The molecule has 1 amide bonds. The standard InChI is InChI=1S/C24H24F4N4O4/c1-23(34-2)10-32(11-23)22-31-19(18(36-22)8-24(26,27)28)21(33)30-15-4-14(9-29)20(17(25)7-15)35-16-5-12-3-13(12)6-16/h4,7,12-13,16H,3,5-6,8,10-11H2,1-2H3,(H,30,33)/t12-,13?,16?/m1/s1. The second-order valence-corrected chi connectivity index (χ2v) is 9.94. The molecule has 1 aromatic heterocycles. The Hall–Kier alpha value is -3.33. The van der Waals surface area contributed by atoms with Gasteiger partial charge in [0.2, 0.25) is 0 Å². The van der Waals surface area contributed by atoms with Crippen molar-refractivity contribution in [2.24, 2.45) is 11.8 Å². The van der Waals surface area contributed by atoms with Crippen LogP contribution in [0.3, 0.4) is 0 Å². The van der Waals surface area contributed by atoms with Crippen molar-refractivity contribution in [3.05, 3.63) is 35.0 Å². The topological polar surface area (TPSA) is 101 Å². The molecular formula is C24H24F4N4O4. The number of carbonyl (C=O) groups is 1. The highest BCUT2D eigenvalue weighted by Crippen LogP contribution is 2.52. The molecule has 1 aliphatic heterocycles. The number of aromatic nitrogens is 1. The zero-order valence-electron chi connectivity index (χ0n) is 19.6. The van der Waals surface area contributed by atoms with Crippen molar-refractivity contribution in [2.75, 3.05) is 30.4 Å². The summed E-state index contributed by atoms with van der Waals surface area (Å²) in [6, 6.07) is 3.90. The van der Waals surface area contributed by atoms with Crippen molar-refractivity contribution in [1.82, 2.24) is 4.98 Å². The van der Waals surface area contributed by atoms with Crippen molar-refractivity contribution in [1.29, 1.82) is 5.26 Å². The first-order valence-electron chi connectivity index (χ1n) is 11.5. The van der Waals surface area contributed by atoms with E-state index in [4.69, 9.17) is 13.9 Å². The van der Waals surface area contributed by atoms with Gasteiger partial charge in [0.1, 0.15) is 23.9 Å². The molecule has 1 N–H and O–H groups in total. The molecule has 2 aliphatic carbocycles. The zero-order valence-corrected chi connectivity index (χ0v) is 19.6. The summed E-state index contributed by atoms with van der Waals surface area (Å²) in [5.41, 5.74) is -1.32. The number of halogens is 4. The van der Waals surface area contributed by atoms with E-state index in [1.807, 2.05) is 13.0 Å². The third kappa shape index (κ3) is 4.84. The van der Waals surface area contributed by atoms with Crippen LogP contribution in [0.2, 0.25) is 0 Å². The maximum Gasteiger partial charge on any atom is 0.396 e. The molecule has 3 fully saturated rings. The number of methoxy groups -OCH3 is 1. The monoisotopic (exact) mass is 508 g/mol. The Balaban J connectivity index is 1.35. The van der Waals surface area contributed by atoms with E-state index in [0.717, 1.165) is 25.3 Å². The molecule has 192 valence electrons. The van der Waals surface area contributed by atoms with Crippen LogP contribution in [-0.2, 0) is 11.2 Å². The fourth-order valence-electron chi connectivity index (χ4n) is 4.96. The molecule has 2 heterocycles. The van der Waals surface area contributed by atoms with Gasteiger partial charge in [-0.1, -0.05) is 0 Å². The normalized spacial score (nSPS) is 24.0. The zero-order chi connectivity index (χ0) is 25.8. The first-order valence-corrected chi connectivity index (χ1v) is 11.5. The Morgan fingerprint density at radius 1 is 1.31 bits per heavy atom. The van der Waals surface area contributed by atoms with Crippen LogP contribution in [0.5, 0.6) is 5.75 Å². The van der Waals surface area contributed by atoms with Crippen LogP contribution in [-0.4, -0.2) is 49.0 Å². The molecule has 5 rings (SSSR count). The van der Waals surface area contributed by atoms with E-state index < -0.39 is 41.4 Å². The number of hydrogen-bond donors (Lipinski definition) is 1. The summed E-state index contributed by atoms with van der Waals surface area (Å²) in [6.07, 6.45) is -3.55. The molecule has 3 atom stereocenters. The van der Waals surface area contributed by atoms with Gasteiger partial charge in [-0.25, -0.2) is 4.39 Å². The van der Waals surface area contributed by atoms with Crippen LogP contribution in [0.25, 0.3) is 0 Å². The van der Waals surface area contributed by atoms with E-state index in [9.17, 15) is 27.6 Å². The smallest absolute Gasteiger partial charge is 0.396 e. The molecule has 0 spiro atoms. The van der Waals surface area contributed by atoms with Gasteiger partial charge in [0, 0.05) is 18.9 Å². The number of oxazole rings is 1. The van der Waals surface area contributed by atoms with Crippen LogP contribution >= 0.6 is 0 Å². The minimum absolute atomic E-state index is 0.117. The summed E-state index contributed by atoms with van der Waals surface area (Å²) >= 11 is 0. The molecule has 3 aliphatic rings. The summed E-state index contributed by atoms with van der Waals surface area (Å²) in [7, 11) is 1.52. The molecule has 36 heavy (non-hydrogen) atoms. The highest BCUT2D eigenvalue weighted by Gasteiger charge is 2.47. The molecule has 8 nitrogen and oxygen atoms in total. The first kappa shape index (κ1) is 24.4.